The van der Waals surface area contributed by atoms with Gasteiger partial charge in [-0.15, -0.1) is 0 Å². The summed E-state index contributed by atoms with van der Waals surface area (Å²) in [5.74, 6) is 0. The van der Waals surface area contributed by atoms with Crippen LogP contribution in [0.1, 0.15) is 32.6 Å². The number of ether oxygens (including phenoxy) is 1. The second-order valence-electron chi connectivity index (χ2n) is 3.11. The molecule has 0 N–H and O–H groups in total. The van der Waals surface area contributed by atoms with Crippen LogP contribution in [-0.2, 0) is 4.74 Å². The Balaban J connectivity index is 2.00. The fourth-order valence-electron chi connectivity index (χ4n) is 1.98. The summed E-state index contributed by atoms with van der Waals surface area (Å²) in [4.78, 5) is 0. The minimum absolute atomic E-state index is 0.522. The predicted octanol–water partition coefficient (Wildman–Crippen LogP) is 2.28. The van der Waals surface area contributed by atoms with Gasteiger partial charge in [0.15, 0.2) is 0 Å². The molecule has 0 spiro atoms. The van der Waals surface area contributed by atoms with Gasteiger partial charge in [-0.25, -0.2) is 0 Å². The molecule has 0 fully saturated rings. The fourth-order valence-corrected chi connectivity index (χ4v) is 1.98. The molecule has 0 bridgehead atoms. The van der Waals surface area contributed by atoms with Gasteiger partial charge in [-0.05, 0) is 38.2 Å². The van der Waals surface area contributed by atoms with Crippen molar-refractivity contribution in [2.75, 3.05) is 6.61 Å². The average Bonchev–Trinajstić information content (AvgIpc) is 2.08. The fraction of sp³-hybridized carbons (Fsp3) is 0.778. The van der Waals surface area contributed by atoms with Gasteiger partial charge in [-0.2, -0.15) is 0 Å². The largest absolute Gasteiger partial charge is 0.374 e. The van der Waals surface area contributed by atoms with Crippen molar-refractivity contribution in [3.05, 3.63) is 11.1 Å². The Morgan fingerprint density at radius 3 is 2.80 bits per heavy atom. The number of hydrogen-bond acceptors (Lipinski definition) is 1. The maximum Gasteiger partial charge on any atom is 0.0790 e. The number of allylic oxidation sites excluding steroid dienone is 1. The first-order valence-electron chi connectivity index (χ1n) is 4.24. The summed E-state index contributed by atoms with van der Waals surface area (Å²) in [5.41, 5.74) is 3.35. The molecule has 0 amide bonds. The van der Waals surface area contributed by atoms with Crippen LogP contribution in [0.3, 0.4) is 0 Å². The topological polar surface area (TPSA) is 9.23 Å². The van der Waals surface area contributed by atoms with E-state index in [1.54, 1.807) is 11.1 Å². The monoisotopic (exact) mass is 138 g/mol. The van der Waals surface area contributed by atoms with Crippen LogP contribution in [0.5, 0.6) is 0 Å². The summed E-state index contributed by atoms with van der Waals surface area (Å²) < 4.78 is 5.58. The van der Waals surface area contributed by atoms with Crippen molar-refractivity contribution < 1.29 is 4.74 Å². The lowest BCUT2D eigenvalue weighted by Gasteiger charge is -2.21. The van der Waals surface area contributed by atoms with Gasteiger partial charge in [0, 0.05) is 6.61 Å². The van der Waals surface area contributed by atoms with Crippen molar-refractivity contribution in [3.63, 3.8) is 0 Å². The minimum Gasteiger partial charge on any atom is -0.374 e. The van der Waals surface area contributed by atoms with Crippen molar-refractivity contribution in [2.45, 2.75) is 38.7 Å². The van der Waals surface area contributed by atoms with Crippen molar-refractivity contribution >= 4 is 0 Å². The Hall–Kier alpha value is -0.300. The molecule has 2 rings (SSSR count). The third kappa shape index (κ3) is 0.807. The molecule has 0 heterocycles. The minimum atomic E-state index is 0.522. The molecule has 10 heavy (non-hydrogen) atoms. The smallest absolute Gasteiger partial charge is 0.0790 e. The number of rotatable bonds is 2. The zero-order chi connectivity index (χ0) is 6.97. The highest BCUT2D eigenvalue weighted by atomic mass is 16.5. The first-order chi connectivity index (χ1) is 4.92. The Kier molecular flexibility index (Phi) is 1.53. The lowest BCUT2D eigenvalue weighted by atomic mass is 9.90. The third-order valence-electron chi connectivity index (χ3n) is 2.62. The lowest BCUT2D eigenvalue weighted by molar-refractivity contribution is 0.0864. The van der Waals surface area contributed by atoms with Crippen LogP contribution in [0.2, 0.25) is 0 Å². The molecule has 2 aliphatic rings. The van der Waals surface area contributed by atoms with E-state index >= 15 is 0 Å². The molecule has 1 nitrogen and oxygen atoms in total. The molecule has 0 radical (unpaired) electrons. The lowest BCUT2D eigenvalue weighted by Crippen LogP contribution is -2.14. The second kappa shape index (κ2) is 2.39. The maximum atomic E-state index is 5.58. The van der Waals surface area contributed by atoms with E-state index in [0.29, 0.717) is 6.10 Å². The zero-order valence-electron chi connectivity index (χ0n) is 6.52. The SMILES string of the molecule is CCOC1CCC2=C1CC2. The molecule has 0 aromatic rings. The number of hydrogen-bond donors (Lipinski definition) is 0. The van der Waals surface area contributed by atoms with Crippen molar-refractivity contribution in [3.8, 4) is 0 Å². The van der Waals surface area contributed by atoms with E-state index in [0.717, 1.165) is 6.61 Å². The molecule has 0 saturated heterocycles. The van der Waals surface area contributed by atoms with Crippen LogP contribution >= 0.6 is 0 Å². The van der Waals surface area contributed by atoms with Crippen LogP contribution in [0, 0.1) is 0 Å². The molecule has 1 atom stereocenters. The Morgan fingerprint density at radius 2 is 2.30 bits per heavy atom. The van der Waals surface area contributed by atoms with Gasteiger partial charge in [0.05, 0.1) is 6.10 Å². The Morgan fingerprint density at radius 1 is 1.40 bits per heavy atom. The first-order valence-corrected chi connectivity index (χ1v) is 4.24. The predicted molar refractivity (Wildman–Crippen MR) is 40.9 cm³/mol. The van der Waals surface area contributed by atoms with E-state index in [2.05, 4.69) is 6.92 Å². The zero-order valence-corrected chi connectivity index (χ0v) is 6.52. The van der Waals surface area contributed by atoms with E-state index in [1.165, 1.54) is 25.7 Å². The van der Waals surface area contributed by atoms with E-state index in [-0.39, 0.29) is 0 Å². The van der Waals surface area contributed by atoms with E-state index in [4.69, 9.17) is 4.74 Å². The van der Waals surface area contributed by atoms with E-state index in [9.17, 15) is 0 Å². The normalized spacial score (nSPS) is 30.3. The third-order valence-corrected chi connectivity index (χ3v) is 2.62. The molecule has 2 aliphatic carbocycles. The summed E-state index contributed by atoms with van der Waals surface area (Å²) in [7, 11) is 0. The van der Waals surface area contributed by atoms with Gasteiger partial charge in [0.25, 0.3) is 0 Å². The summed E-state index contributed by atoms with van der Waals surface area (Å²) in [6, 6.07) is 0. The Labute approximate surface area is 62.1 Å². The van der Waals surface area contributed by atoms with Crippen molar-refractivity contribution in [1.82, 2.24) is 0 Å². The van der Waals surface area contributed by atoms with E-state index in [1.807, 2.05) is 0 Å². The molecule has 0 aliphatic heterocycles. The van der Waals surface area contributed by atoms with Crippen LogP contribution in [-0.4, -0.2) is 12.7 Å². The average molecular weight is 138 g/mol. The van der Waals surface area contributed by atoms with Crippen molar-refractivity contribution in [2.24, 2.45) is 0 Å². The van der Waals surface area contributed by atoms with Crippen LogP contribution < -0.4 is 0 Å². The van der Waals surface area contributed by atoms with Gasteiger partial charge < -0.3 is 4.74 Å². The van der Waals surface area contributed by atoms with Crippen LogP contribution in [0.25, 0.3) is 0 Å². The van der Waals surface area contributed by atoms with Crippen molar-refractivity contribution in [1.29, 1.82) is 0 Å². The highest BCUT2D eigenvalue weighted by Crippen LogP contribution is 2.42. The van der Waals surface area contributed by atoms with Crippen LogP contribution in [0.15, 0.2) is 11.1 Å². The van der Waals surface area contributed by atoms with Gasteiger partial charge in [-0.3, -0.25) is 0 Å². The molecule has 0 aromatic carbocycles. The quantitative estimate of drug-likeness (QED) is 0.532. The molecule has 1 heteroatoms. The Bertz CT molecular complexity index is 170. The molecule has 0 aromatic heterocycles. The summed E-state index contributed by atoms with van der Waals surface area (Å²) >= 11 is 0. The standard InChI is InChI=1S/C9H14O/c1-2-10-9-6-4-7-3-5-8(7)9/h9H,2-6H2,1H3. The molecular formula is C9H14O. The van der Waals surface area contributed by atoms with E-state index < -0.39 is 0 Å². The highest BCUT2D eigenvalue weighted by Gasteiger charge is 2.30. The summed E-state index contributed by atoms with van der Waals surface area (Å²) in [5, 5.41) is 0. The maximum absolute atomic E-state index is 5.58. The van der Waals surface area contributed by atoms with Gasteiger partial charge in [-0.1, -0.05) is 5.57 Å². The van der Waals surface area contributed by atoms with Gasteiger partial charge in [0.1, 0.15) is 0 Å². The summed E-state index contributed by atoms with van der Waals surface area (Å²) in [6.07, 6.45) is 5.78. The molecule has 56 valence electrons. The highest BCUT2D eigenvalue weighted by molar-refractivity contribution is 5.32. The molecule has 0 saturated carbocycles. The summed E-state index contributed by atoms with van der Waals surface area (Å²) in [6.45, 7) is 2.96. The van der Waals surface area contributed by atoms with Gasteiger partial charge in [0.2, 0.25) is 0 Å². The molecular weight excluding hydrogens is 124 g/mol. The van der Waals surface area contributed by atoms with Crippen LogP contribution in [0.4, 0.5) is 0 Å². The van der Waals surface area contributed by atoms with Gasteiger partial charge >= 0.3 is 0 Å². The molecule has 1 unspecified atom stereocenters. The second-order valence-corrected chi connectivity index (χ2v) is 3.11. The first kappa shape index (κ1) is 6.41.